The van der Waals surface area contributed by atoms with Crippen LogP contribution in [0.1, 0.15) is 0 Å². The van der Waals surface area contributed by atoms with E-state index in [4.69, 9.17) is 15.6 Å². The van der Waals surface area contributed by atoms with Gasteiger partial charge >= 0.3 is 5.97 Å². The number of nitrogens with one attached hydrogen (secondary N) is 1. The molecule has 0 aromatic rings. The first kappa shape index (κ1) is 8.48. The summed E-state index contributed by atoms with van der Waals surface area (Å²) in [5.74, 6) is -1.26. The summed E-state index contributed by atoms with van der Waals surface area (Å²) in [4.78, 5) is 10.5. The molecule has 0 aromatic heterocycles. The van der Waals surface area contributed by atoms with E-state index in [2.05, 4.69) is 4.74 Å². The van der Waals surface area contributed by atoms with E-state index in [9.17, 15) is 4.79 Å². The SMILES string of the molecule is N=C1C(C(=O)O)=CC=CO[C@H]1O. The molecule has 3 N–H and O–H groups in total. The number of aliphatic hydroxyl groups excluding tert-OH is 1. The second kappa shape index (κ2) is 3.19. The predicted octanol–water partition coefficient (Wildman–Crippen LogP) is -0.121. The molecule has 12 heavy (non-hydrogen) atoms. The van der Waals surface area contributed by atoms with Gasteiger partial charge in [-0.05, 0) is 12.2 Å². The van der Waals surface area contributed by atoms with Crippen molar-refractivity contribution in [3.05, 3.63) is 24.0 Å². The number of carboxylic acids is 1. The van der Waals surface area contributed by atoms with Gasteiger partial charge in [0.25, 0.3) is 0 Å². The number of rotatable bonds is 1. The van der Waals surface area contributed by atoms with Crippen LogP contribution in [0.5, 0.6) is 0 Å². The van der Waals surface area contributed by atoms with Crippen molar-refractivity contribution in [2.75, 3.05) is 0 Å². The molecule has 0 unspecified atom stereocenters. The van der Waals surface area contributed by atoms with Gasteiger partial charge in [-0.25, -0.2) is 4.79 Å². The largest absolute Gasteiger partial charge is 0.478 e. The summed E-state index contributed by atoms with van der Waals surface area (Å²) >= 11 is 0. The Balaban J connectivity index is 2.97. The van der Waals surface area contributed by atoms with Crippen molar-refractivity contribution in [1.29, 1.82) is 5.41 Å². The van der Waals surface area contributed by atoms with Gasteiger partial charge in [-0.15, -0.1) is 0 Å². The van der Waals surface area contributed by atoms with Crippen molar-refractivity contribution in [3.8, 4) is 0 Å². The lowest BCUT2D eigenvalue weighted by Gasteiger charge is -2.08. The molecule has 1 aliphatic rings. The van der Waals surface area contributed by atoms with E-state index in [0.29, 0.717) is 0 Å². The van der Waals surface area contributed by atoms with Crippen molar-refractivity contribution in [2.45, 2.75) is 6.29 Å². The zero-order valence-electron chi connectivity index (χ0n) is 6.02. The first-order valence-corrected chi connectivity index (χ1v) is 3.15. The minimum Gasteiger partial charge on any atom is -0.478 e. The first-order valence-electron chi connectivity index (χ1n) is 3.15. The molecule has 0 spiro atoms. The molecule has 0 saturated carbocycles. The van der Waals surface area contributed by atoms with Crippen LogP contribution >= 0.6 is 0 Å². The Hall–Kier alpha value is -1.62. The molecule has 64 valence electrons. The van der Waals surface area contributed by atoms with Crippen molar-refractivity contribution in [2.24, 2.45) is 0 Å². The number of aliphatic hydroxyl groups is 1. The third kappa shape index (κ3) is 1.51. The summed E-state index contributed by atoms with van der Waals surface area (Å²) in [5, 5.41) is 24.7. The highest BCUT2D eigenvalue weighted by Crippen LogP contribution is 2.07. The van der Waals surface area contributed by atoms with Crippen molar-refractivity contribution < 1.29 is 19.7 Å². The molecule has 1 atom stereocenters. The molecule has 0 saturated heterocycles. The zero-order chi connectivity index (χ0) is 9.14. The molecule has 0 aliphatic carbocycles. The van der Waals surface area contributed by atoms with Crippen LogP contribution in [0.25, 0.3) is 0 Å². The lowest BCUT2D eigenvalue weighted by molar-refractivity contribution is -0.132. The van der Waals surface area contributed by atoms with Crippen LogP contribution in [-0.2, 0) is 9.53 Å². The second-order valence-electron chi connectivity index (χ2n) is 2.12. The summed E-state index contributed by atoms with van der Waals surface area (Å²) in [5.41, 5.74) is -0.719. The van der Waals surface area contributed by atoms with E-state index in [-0.39, 0.29) is 5.57 Å². The van der Waals surface area contributed by atoms with E-state index in [0.717, 1.165) is 6.26 Å². The number of hydrogen-bond acceptors (Lipinski definition) is 4. The number of allylic oxidation sites excluding steroid dienone is 2. The van der Waals surface area contributed by atoms with E-state index in [1.54, 1.807) is 0 Å². The summed E-state index contributed by atoms with van der Waals surface area (Å²) in [6, 6.07) is 0. The molecule has 0 amide bonds. The number of ether oxygens (including phenoxy) is 1. The van der Waals surface area contributed by atoms with Crippen LogP contribution in [0.3, 0.4) is 0 Å². The quantitative estimate of drug-likeness (QED) is 0.510. The van der Waals surface area contributed by atoms with Gasteiger partial charge in [0.1, 0.15) is 5.71 Å². The van der Waals surface area contributed by atoms with Crippen LogP contribution in [0.15, 0.2) is 24.0 Å². The van der Waals surface area contributed by atoms with E-state index in [1.807, 2.05) is 0 Å². The van der Waals surface area contributed by atoms with Gasteiger partial charge in [-0.1, -0.05) is 0 Å². The first-order chi connectivity index (χ1) is 5.63. The number of hydrogen-bond donors (Lipinski definition) is 3. The number of carboxylic acid groups (broad SMARTS) is 1. The summed E-state index contributed by atoms with van der Waals surface area (Å²) < 4.78 is 4.53. The third-order valence-electron chi connectivity index (χ3n) is 1.32. The molecule has 0 fully saturated rings. The topological polar surface area (TPSA) is 90.6 Å². The fourth-order valence-electron chi connectivity index (χ4n) is 0.733. The molecule has 0 aromatic carbocycles. The van der Waals surface area contributed by atoms with Gasteiger partial charge in [0.15, 0.2) is 0 Å². The van der Waals surface area contributed by atoms with Gasteiger partial charge in [-0.2, -0.15) is 0 Å². The van der Waals surface area contributed by atoms with Gasteiger partial charge in [0.05, 0.1) is 11.8 Å². The highest BCUT2D eigenvalue weighted by atomic mass is 16.6. The van der Waals surface area contributed by atoms with Crippen molar-refractivity contribution in [3.63, 3.8) is 0 Å². The monoisotopic (exact) mass is 169 g/mol. The standard InChI is InChI=1S/C7H7NO4/c8-5-4(6(9)10)2-1-3-12-7(5)11/h1-3,7-8,11H,(H,9,10)/t7-/m1/s1. The minimum atomic E-state index is -1.49. The molecular weight excluding hydrogens is 162 g/mol. The average Bonchev–Trinajstić information content (AvgIpc) is 2.15. The highest BCUT2D eigenvalue weighted by Gasteiger charge is 2.22. The highest BCUT2D eigenvalue weighted by molar-refractivity contribution is 6.19. The average molecular weight is 169 g/mol. The number of aliphatic carboxylic acids is 1. The molecule has 1 rings (SSSR count). The van der Waals surface area contributed by atoms with E-state index < -0.39 is 18.0 Å². The molecule has 5 nitrogen and oxygen atoms in total. The minimum absolute atomic E-state index is 0.267. The molecule has 5 heteroatoms. The van der Waals surface area contributed by atoms with Crippen molar-refractivity contribution in [1.82, 2.24) is 0 Å². The smallest absolute Gasteiger partial charge is 0.337 e. The summed E-state index contributed by atoms with van der Waals surface area (Å²) in [7, 11) is 0. The maximum absolute atomic E-state index is 10.5. The Morgan fingerprint density at radius 1 is 1.67 bits per heavy atom. The van der Waals surface area contributed by atoms with Gasteiger partial charge in [-0.3, -0.25) is 5.41 Å². The molecule has 1 aliphatic heterocycles. The molecule has 1 heterocycles. The summed E-state index contributed by atoms with van der Waals surface area (Å²) in [6.07, 6.45) is 2.15. The maximum atomic E-state index is 10.5. The Kier molecular flexibility index (Phi) is 2.25. The second-order valence-corrected chi connectivity index (χ2v) is 2.12. The third-order valence-corrected chi connectivity index (χ3v) is 1.32. The van der Waals surface area contributed by atoms with Gasteiger partial charge in [0.2, 0.25) is 6.29 Å². The lowest BCUT2D eigenvalue weighted by Crippen LogP contribution is -2.25. The Labute approximate surface area is 68.1 Å². The fourth-order valence-corrected chi connectivity index (χ4v) is 0.733. The van der Waals surface area contributed by atoms with Crippen LogP contribution in [-0.4, -0.2) is 28.2 Å². The van der Waals surface area contributed by atoms with Gasteiger partial charge in [0, 0.05) is 0 Å². The predicted molar refractivity (Wildman–Crippen MR) is 39.7 cm³/mol. The van der Waals surface area contributed by atoms with E-state index >= 15 is 0 Å². The molecular formula is C7H7NO4. The van der Waals surface area contributed by atoms with Crippen LogP contribution < -0.4 is 0 Å². The zero-order valence-corrected chi connectivity index (χ0v) is 6.02. The van der Waals surface area contributed by atoms with Crippen LogP contribution in [0.2, 0.25) is 0 Å². The maximum Gasteiger partial charge on any atom is 0.337 e. The summed E-state index contributed by atoms with van der Waals surface area (Å²) in [6.45, 7) is 0. The Morgan fingerprint density at radius 3 is 2.92 bits per heavy atom. The van der Waals surface area contributed by atoms with E-state index in [1.165, 1.54) is 12.2 Å². The van der Waals surface area contributed by atoms with Gasteiger partial charge < -0.3 is 14.9 Å². The Bertz CT molecular complexity index is 279. The van der Waals surface area contributed by atoms with Crippen LogP contribution in [0.4, 0.5) is 0 Å². The van der Waals surface area contributed by atoms with Crippen LogP contribution in [0, 0.1) is 5.41 Å². The normalized spacial score (nSPS) is 22.6. The van der Waals surface area contributed by atoms with Crippen molar-refractivity contribution >= 4 is 11.7 Å². The number of carbonyl (C=O) groups is 1. The lowest BCUT2D eigenvalue weighted by atomic mass is 10.1. The fraction of sp³-hybridized carbons (Fsp3) is 0.143. The Morgan fingerprint density at radius 2 is 2.33 bits per heavy atom. The molecule has 0 bridgehead atoms. The molecule has 0 radical (unpaired) electrons.